The van der Waals surface area contributed by atoms with E-state index in [0.717, 1.165) is 30.0 Å². The minimum Gasteiger partial charge on any atom is -0.371 e. The van der Waals surface area contributed by atoms with Gasteiger partial charge in [0.15, 0.2) is 0 Å². The second-order valence-electron chi connectivity index (χ2n) is 7.85. The Labute approximate surface area is 178 Å². The number of ether oxygens (including phenoxy) is 1. The second kappa shape index (κ2) is 10.8. The lowest BCUT2D eigenvalue weighted by Crippen LogP contribution is -2.41. The first-order valence-corrected chi connectivity index (χ1v) is 10.6. The van der Waals surface area contributed by atoms with E-state index in [0.29, 0.717) is 6.61 Å². The van der Waals surface area contributed by atoms with Gasteiger partial charge in [0.05, 0.1) is 6.61 Å². The zero-order valence-corrected chi connectivity index (χ0v) is 17.8. The quantitative estimate of drug-likeness (QED) is 0.662. The van der Waals surface area contributed by atoms with Gasteiger partial charge in [-0.15, -0.1) is 0 Å². The van der Waals surface area contributed by atoms with Crippen molar-refractivity contribution in [1.82, 2.24) is 5.32 Å². The van der Waals surface area contributed by atoms with Crippen LogP contribution < -0.4 is 15.5 Å². The molecule has 2 atom stereocenters. The van der Waals surface area contributed by atoms with Crippen LogP contribution in [0.25, 0.3) is 0 Å². The molecule has 30 heavy (non-hydrogen) atoms. The maximum atomic E-state index is 12.4. The first kappa shape index (κ1) is 21.8. The monoisotopic (exact) mass is 409 g/mol. The number of rotatable bonds is 9. The zero-order valence-electron chi connectivity index (χ0n) is 17.8. The van der Waals surface area contributed by atoms with Crippen LogP contribution in [0.4, 0.5) is 11.4 Å². The maximum Gasteiger partial charge on any atom is 0.249 e. The van der Waals surface area contributed by atoms with Gasteiger partial charge in [-0.25, -0.2) is 0 Å². The Hall–Kier alpha value is -2.86. The standard InChI is InChI=1S/C24H31N3O3/c1-18(25-24(29)19(2)30-17-20-9-4-3-5-10-20)15-23(28)26-21-11-8-12-22(16-21)27-13-6-7-14-27/h3-5,8-12,16,18-19H,6-7,13-15,17H2,1-2H3,(H,25,29)(H,26,28). The first-order chi connectivity index (χ1) is 14.5. The van der Waals surface area contributed by atoms with Gasteiger partial charge < -0.3 is 20.3 Å². The molecule has 1 saturated heterocycles. The summed E-state index contributed by atoms with van der Waals surface area (Å²) < 4.78 is 5.64. The molecule has 0 spiro atoms. The van der Waals surface area contributed by atoms with E-state index < -0.39 is 6.10 Å². The summed E-state index contributed by atoms with van der Waals surface area (Å²) in [6.45, 7) is 6.03. The molecule has 2 unspecified atom stereocenters. The summed E-state index contributed by atoms with van der Waals surface area (Å²) >= 11 is 0. The van der Waals surface area contributed by atoms with Crippen molar-refractivity contribution < 1.29 is 14.3 Å². The van der Waals surface area contributed by atoms with Gasteiger partial charge in [0.25, 0.3) is 0 Å². The average Bonchev–Trinajstić information content (AvgIpc) is 3.27. The summed E-state index contributed by atoms with van der Waals surface area (Å²) in [7, 11) is 0. The molecule has 2 aromatic rings. The number of hydrogen-bond acceptors (Lipinski definition) is 4. The van der Waals surface area contributed by atoms with E-state index >= 15 is 0 Å². The molecule has 1 fully saturated rings. The van der Waals surface area contributed by atoms with E-state index in [2.05, 4.69) is 21.6 Å². The Morgan fingerprint density at radius 3 is 2.50 bits per heavy atom. The highest BCUT2D eigenvalue weighted by Gasteiger charge is 2.18. The van der Waals surface area contributed by atoms with Crippen molar-refractivity contribution in [2.75, 3.05) is 23.3 Å². The van der Waals surface area contributed by atoms with Crippen LogP contribution >= 0.6 is 0 Å². The maximum absolute atomic E-state index is 12.4. The van der Waals surface area contributed by atoms with Crippen molar-refractivity contribution in [3.05, 3.63) is 60.2 Å². The number of amides is 2. The molecule has 160 valence electrons. The number of nitrogens with zero attached hydrogens (tertiary/aromatic N) is 1. The third-order valence-electron chi connectivity index (χ3n) is 5.19. The molecule has 0 radical (unpaired) electrons. The lowest BCUT2D eigenvalue weighted by molar-refractivity contribution is -0.133. The Kier molecular flexibility index (Phi) is 7.85. The van der Waals surface area contributed by atoms with E-state index in [-0.39, 0.29) is 24.3 Å². The predicted molar refractivity (Wildman–Crippen MR) is 119 cm³/mol. The molecule has 2 N–H and O–H groups in total. The van der Waals surface area contributed by atoms with Crippen LogP contribution in [-0.2, 0) is 20.9 Å². The van der Waals surface area contributed by atoms with Crippen molar-refractivity contribution in [3.8, 4) is 0 Å². The van der Waals surface area contributed by atoms with Gasteiger partial charge in [0, 0.05) is 36.9 Å². The summed E-state index contributed by atoms with van der Waals surface area (Å²) in [5, 5.41) is 5.79. The van der Waals surface area contributed by atoms with E-state index in [1.54, 1.807) is 6.92 Å². The van der Waals surface area contributed by atoms with Gasteiger partial charge in [-0.2, -0.15) is 0 Å². The van der Waals surface area contributed by atoms with Crippen molar-refractivity contribution in [2.24, 2.45) is 0 Å². The van der Waals surface area contributed by atoms with Crippen LogP contribution in [0.2, 0.25) is 0 Å². The number of nitrogens with one attached hydrogen (secondary N) is 2. The van der Waals surface area contributed by atoms with Crippen molar-refractivity contribution in [2.45, 2.75) is 51.9 Å². The van der Waals surface area contributed by atoms with E-state index in [1.807, 2.05) is 55.5 Å². The Bertz CT molecular complexity index is 835. The number of carbonyl (C=O) groups is 2. The molecule has 0 aliphatic carbocycles. The highest BCUT2D eigenvalue weighted by Crippen LogP contribution is 2.23. The molecule has 6 heteroatoms. The topological polar surface area (TPSA) is 70.7 Å². The van der Waals surface area contributed by atoms with Gasteiger partial charge in [0.1, 0.15) is 6.10 Å². The van der Waals surface area contributed by atoms with Gasteiger partial charge in [-0.05, 0) is 50.5 Å². The summed E-state index contributed by atoms with van der Waals surface area (Å²) in [4.78, 5) is 27.1. The van der Waals surface area contributed by atoms with E-state index in [4.69, 9.17) is 4.74 Å². The summed E-state index contributed by atoms with van der Waals surface area (Å²) in [6, 6.07) is 17.4. The molecule has 6 nitrogen and oxygen atoms in total. The van der Waals surface area contributed by atoms with Crippen LogP contribution in [0.1, 0.15) is 38.7 Å². The van der Waals surface area contributed by atoms with E-state index in [1.165, 1.54) is 12.8 Å². The molecule has 0 saturated carbocycles. The number of carbonyl (C=O) groups excluding carboxylic acids is 2. The fraction of sp³-hybridized carbons (Fsp3) is 0.417. The molecule has 3 rings (SSSR count). The Balaban J connectivity index is 1.42. The van der Waals surface area contributed by atoms with Crippen LogP contribution in [-0.4, -0.2) is 37.0 Å². The van der Waals surface area contributed by atoms with Crippen LogP contribution in [0.3, 0.4) is 0 Å². The van der Waals surface area contributed by atoms with Crippen LogP contribution in [0.5, 0.6) is 0 Å². The summed E-state index contributed by atoms with van der Waals surface area (Å²) in [5.41, 5.74) is 2.93. The fourth-order valence-corrected chi connectivity index (χ4v) is 3.53. The molecular weight excluding hydrogens is 378 g/mol. The summed E-state index contributed by atoms with van der Waals surface area (Å²) in [5.74, 6) is -0.346. The minimum atomic E-state index is -0.590. The second-order valence-corrected chi connectivity index (χ2v) is 7.85. The SMILES string of the molecule is CC(CC(=O)Nc1cccc(N2CCCC2)c1)NC(=O)C(C)OCc1ccccc1. The first-order valence-electron chi connectivity index (χ1n) is 10.6. The Morgan fingerprint density at radius 2 is 1.77 bits per heavy atom. The number of hydrogen-bond donors (Lipinski definition) is 2. The van der Waals surface area contributed by atoms with E-state index in [9.17, 15) is 9.59 Å². The van der Waals surface area contributed by atoms with Crippen LogP contribution in [0.15, 0.2) is 54.6 Å². The number of anilines is 2. The molecule has 1 heterocycles. The fourth-order valence-electron chi connectivity index (χ4n) is 3.53. The number of benzene rings is 2. The molecule has 2 aromatic carbocycles. The molecule has 0 bridgehead atoms. The zero-order chi connectivity index (χ0) is 21.3. The van der Waals surface area contributed by atoms with Gasteiger partial charge in [0.2, 0.25) is 11.8 Å². The van der Waals surface area contributed by atoms with Gasteiger partial charge in [-0.3, -0.25) is 9.59 Å². The Morgan fingerprint density at radius 1 is 1.03 bits per heavy atom. The normalized spacial score (nSPS) is 15.5. The van der Waals surface area contributed by atoms with Gasteiger partial charge in [-0.1, -0.05) is 36.4 Å². The lowest BCUT2D eigenvalue weighted by Gasteiger charge is -2.19. The molecule has 2 amide bonds. The third kappa shape index (κ3) is 6.59. The third-order valence-corrected chi connectivity index (χ3v) is 5.19. The highest BCUT2D eigenvalue weighted by atomic mass is 16.5. The molecule has 1 aliphatic heterocycles. The minimum absolute atomic E-state index is 0.126. The average molecular weight is 410 g/mol. The molecular formula is C24H31N3O3. The van der Waals surface area contributed by atoms with Crippen molar-refractivity contribution >= 4 is 23.2 Å². The summed E-state index contributed by atoms with van der Waals surface area (Å²) in [6.07, 6.45) is 2.03. The highest BCUT2D eigenvalue weighted by molar-refractivity contribution is 5.92. The van der Waals surface area contributed by atoms with Crippen molar-refractivity contribution in [1.29, 1.82) is 0 Å². The largest absolute Gasteiger partial charge is 0.371 e. The van der Waals surface area contributed by atoms with Crippen LogP contribution in [0, 0.1) is 0 Å². The predicted octanol–water partition coefficient (Wildman–Crippen LogP) is 3.73. The molecule has 0 aromatic heterocycles. The van der Waals surface area contributed by atoms with Crippen molar-refractivity contribution in [3.63, 3.8) is 0 Å². The lowest BCUT2D eigenvalue weighted by atomic mass is 10.2. The van der Waals surface area contributed by atoms with Gasteiger partial charge >= 0.3 is 0 Å². The molecule has 1 aliphatic rings. The smallest absolute Gasteiger partial charge is 0.249 e.